The number of hydrogen-bond donors (Lipinski definition) is 0. The standard InChI is InChI=1S/C18H29NO/c1-4-6-13-19(12-5-2)16-11-10-15-8-7-9-18(20-3)17(15)14-16/h7-9,16H,4-6,10-14H2,1-3H3/t16-/m0/s1. The first-order valence-electron chi connectivity index (χ1n) is 8.18. The Balaban J connectivity index is 2.11. The number of aryl methyl sites for hydroxylation is 1. The van der Waals surface area contributed by atoms with Gasteiger partial charge < -0.3 is 9.64 Å². The second-order valence-electron chi connectivity index (χ2n) is 5.88. The first-order chi connectivity index (χ1) is 9.80. The van der Waals surface area contributed by atoms with Crippen LogP contribution in [0.5, 0.6) is 5.75 Å². The lowest BCUT2D eigenvalue weighted by Gasteiger charge is -2.35. The summed E-state index contributed by atoms with van der Waals surface area (Å²) in [5, 5.41) is 0. The topological polar surface area (TPSA) is 12.5 Å². The molecule has 0 unspecified atom stereocenters. The van der Waals surface area contributed by atoms with Gasteiger partial charge in [-0.3, -0.25) is 0 Å². The van der Waals surface area contributed by atoms with Gasteiger partial charge in [-0.1, -0.05) is 32.4 Å². The monoisotopic (exact) mass is 275 g/mol. The highest BCUT2D eigenvalue weighted by Gasteiger charge is 2.25. The van der Waals surface area contributed by atoms with Crippen molar-refractivity contribution in [3.8, 4) is 5.75 Å². The van der Waals surface area contributed by atoms with Gasteiger partial charge in [0.2, 0.25) is 0 Å². The normalized spacial score (nSPS) is 18.1. The molecule has 1 aromatic carbocycles. The Labute approximate surface area is 124 Å². The third kappa shape index (κ3) is 3.54. The van der Waals surface area contributed by atoms with Crippen LogP contribution < -0.4 is 4.74 Å². The van der Waals surface area contributed by atoms with Gasteiger partial charge in [0.25, 0.3) is 0 Å². The number of benzene rings is 1. The van der Waals surface area contributed by atoms with Crippen LogP contribution in [0.3, 0.4) is 0 Å². The Kier molecular flexibility index (Phi) is 5.90. The molecule has 0 aromatic heterocycles. The molecule has 2 rings (SSSR count). The summed E-state index contributed by atoms with van der Waals surface area (Å²) in [5.41, 5.74) is 2.94. The molecule has 2 nitrogen and oxygen atoms in total. The van der Waals surface area contributed by atoms with E-state index in [1.165, 1.54) is 56.3 Å². The minimum Gasteiger partial charge on any atom is -0.496 e. The van der Waals surface area contributed by atoms with Crippen molar-refractivity contribution in [3.63, 3.8) is 0 Å². The summed E-state index contributed by atoms with van der Waals surface area (Å²) in [4.78, 5) is 2.71. The second kappa shape index (κ2) is 7.68. The molecule has 2 heteroatoms. The summed E-state index contributed by atoms with van der Waals surface area (Å²) in [6.07, 6.45) is 7.50. The highest BCUT2D eigenvalue weighted by Crippen LogP contribution is 2.31. The zero-order chi connectivity index (χ0) is 14.4. The van der Waals surface area contributed by atoms with E-state index in [4.69, 9.17) is 4.74 Å². The third-order valence-electron chi connectivity index (χ3n) is 4.46. The van der Waals surface area contributed by atoms with Gasteiger partial charge in [0.15, 0.2) is 0 Å². The Morgan fingerprint density at radius 2 is 2.05 bits per heavy atom. The van der Waals surface area contributed by atoms with Gasteiger partial charge in [-0.05, 0) is 62.4 Å². The molecular formula is C18H29NO. The highest BCUT2D eigenvalue weighted by molar-refractivity contribution is 5.42. The fourth-order valence-electron chi connectivity index (χ4n) is 3.37. The molecule has 0 aliphatic heterocycles. The first-order valence-corrected chi connectivity index (χ1v) is 8.18. The van der Waals surface area contributed by atoms with Crippen LogP contribution in [0.4, 0.5) is 0 Å². The summed E-state index contributed by atoms with van der Waals surface area (Å²) in [6, 6.07) is 7.20. The largest absolute Gasteiger partial charge is 0.496 e. The maximum absolute atomic E-state index is 5.56. The van der Waals surface area contributed by atoms with E-state index in [1.807, 2.05) is 0 Å². The molecule has 1 aliphatic rings. The molecule has 0 heterocycles. The predicted octanol–water partition coefficient (Wildman–Crippen LogP) is 4.06. The predicted molar refractivity (Wildman–Crippen MR) is 85.6 cm³/mol. The molecule has 1 aliphatic carbocycles. The van der Waals surface area contributed by atoms with E-state index < -0.39 is 0 Å². The van der Waals surface area contributed by atoms with Crippen LogP contribution in [0.15, 0.2) is 18.2 Å². The third-order valence-corrected chi connectivity index (χ3v) is 4.46. The summed E-state index contributed by atoms with van der Waals surface area (Å²) in [5.74, 6) is 1.08. The fraction of sp³-hybridized carbons (Fsp3) is 0.667. The molecule has 0 saturated heterocycles. The molecule has 20 heavy (non-hydrogen) atoms. The molecule has 0 bridgehead atoms. The quantitative estimate of drug-likeness (QED) is 0.744. The van der Waals surface area contributed by atoms with Gasteiger partial charge >= 0.3 is 0 Å². The SMILES string of the molecule is CCCCN(CCC)[C@H]1CCc2cccc(OC)c2C1. The molecule has 0 radical (unpaired) electrons. The van der Waals surface area contributed by atoms with Gasteiger partial charge in [0.1, 0.15) is 5.75 Å². The lowest BCUT2D eigenvalue weighted by molar-refractivity contribution is 0.176. The van der Waals surface area contributed by atoms with Crippen molar-refractivity contribution < 1.29 is 4.74 Å². The Morgan fingerprint density at radius 3 is 2.75 bits per heavy atom. The molecule has 0 spiro atoms. The zero-order valence-electron chi connectivity index (χ0n) is 13.3. The first kappa shape index (κ1) is 15.4. The molecule has 0 N–H and O–H groups in total. The number of methoxy groups -OCH3 is 1. The van der Waals surface area contributed by atoms with Gasteiger partial charge in [0.05, 0.1) is 7.11 Å². The summed E-state index contributed by atoms with van der Waals surface area (Å²) >= 11 is 0. The molecule has 112 valence electrons. The highest BCUT2D eigenvalue weighted by atomic mass is 16.5. The number of ether oxygens (including phenoxy) is 1. The molecule has 0 saturated carbocycles. The van der Waals surface area contributed by atoms with Crippen molar-refractivity contribution in [3.05, 3.63) is 29.3 Å². The lowest BCUT2D eigenvalue weighted by Crippen LogP contribution is -2.40. The van der Waals surface area contributed by atoms with Crippen LogP contribution >= 0.6 is 0 Å². The van der Waals surface area contributed by atoms with Crippen LogP contribution in [0.1, 0.15) is 50.7 Å². The fourth-order valence-corrected chi connectivity index (χ4v) is 3.37. The van der Waals surface area contributed by atoms with Crippen molar-refractivity contribution in [1.82, 2.24) is 4.90 Å². The van der Waals surface area contributed by atoms with E-state index in [-0.39, 0.29) is 0 Å². The van der Waals surface area contributed by atoms with Crippen molar-refractivity contribution in [2.24, 2.45) is 0 Å². The van der Waals surface area contributed by atoms with Crippen molar-refractivity contribution in [1.29, 1.82) is 0 Å². The van der Waals surface area contributed by atoms with Gasteiger partial charge in [-0.15, -0.1) is 0 Å². The number of fused-ring (bicyclic) bond motifs is 1. The van der Waals surface area contributed by atoms with Crippen molar-refractivity contribution in [2.75, 3.05) is 20.2 Å². The average Bonchev–Trinajstić information content (AvgIpc) is 2.50. The van der Waals surface area contributed by atoms with Crippen LogP contribution in [0.25, 0.3) is 0 Å². The molecule has 1 atom stereocenters. The Hall–Kier alpha value is -1.02. The minimum absolute atomic E-state index is 0.699. The number of unbranched alkanes of at least 4 members (excludes halogenated alkanes) is 1. The molecular weight excluding hydrogens is 246 g/mol. The van der Waals surface area contributed by atoms with Gasteiger partial charge in [-0.2, -0.15) is 0 Å². The Morgan fingerprint density at radius 1 is 1.20 bits per heavy atom. The Bertz CT molecular complexity index is 402. The summed E-state index contributed by atoms with van der Waals surface area (Å²) in [6.45, 7) is 7.05. The number of rotatable bonds is 7. The van der Waals surface area contributed by atoms with E-state index in [9.17, 15) is 0 Å². The van der Waals surface area contributed by atoms with Crippen molar-refractivity contribution in [2.45, 2.75) is 58.4 Å². The minimum atomic E-state index is 0.699. The number of hydrogen-bond acceptors (Lipinski definition) is 2. The van der Waals surface area contributed by atoms with Crippen LogP contribution in [-0.2, 0) is 12.8 Å². The zero-order valence-corrected chi connectivity index (χ0v) is 13.3. The molecule has 0 amide bonds. The van der Waals surface area contributed by atoms with Gasteiger partial charge in [-0.25, -0.2) is 0 Å². The summed E-state index contributed by atoms with van der Waals surface area (Å²) in [7, 11) is 1.79. The van der Waals surface area contributed by atoms with E-state index in [0.717, 1.165) is 12.2 Å². The number of nitrogens with zero attached hydrogens (tertiary/aromatic N) is 1. The second-order valence-corrected chi connectivity index (χ2v) is 5.88. The van der Waals surface area contributed by atoms with Crippen LogP contribution in [-0.4, -0.2) is 31.1 Å². The van der Waals surface area contributed by atoms with E-state index in [0.29, 0.717) is 6.04 Å². The smallest absolute Gasteiger partial charge is 0.122 e. The van der Waals surface area contributed by atoms with Crippen molar-refractivity contribution >= 4 is 0 Å². The van der Waals surface area contributed by atoms with E-state index in [2.05, 4.69) is 36.9 Å². The van der Waals surface area contributed by atoms with Gasteiger partial charge in [0, 0.05) is 6.04 Å². The maximum Gasteiger partial charge on any atom is 0.122 e. The van der Waals surface area contributed by atoms with Crippen LogP contribution in [0.2, 0.25) is 0 Å². The van der Waals surface area contributed by atoms with E-state index >= 15 is 0 Å². The molecule has 0 fully saturated rings. The maximum atomic E-state index is 5.56. The van der Waals surface area contributed by atoms with Crippen LogP contribution in [0, 0.1) is 0 Å². The average molecular weight is 275 g/mol. The lowest BCUT2D eigenvalue weighted by atomic mass is 9.86. The summed E-state index contributed by atoms with van der Waals surface area (Å²) < 4.78 is 5.56. The molecule has 1 aromatic rings. The van der Waals surface area contributed by atoms with E-state index in [1.54, 1.807) is 7.11 Å².